The molecular formula is C22H34O12. The summed E-state index contributed by atoms with van der Waals surface area (Å²) >= 11 is 0. The number of esters is 2. The van der Waals surface area contributed by atoms with E-state index in [-0.39, 0.29) is 6.10 Å². The molecule has 34 heavy (non-hydrogen) atoms. The summed E-state index contributed by atoms with van der Waals surface area (Å²) in [5, 5.41) is 18.8. The summed E-state index contributed by atoms with van der Waals surface area (Å²) in [5.41, 5.74) is 0. The van der Waals surface area contributed by atoms with Gasteiger partial charge in [0, 0.05) is 14.2 Å². The van der Waals surface area contributed by atoms with E-state index in [4.69, 9.17) is 43.0 Å². The molecule has 4 unspecified atom stereocenters. The summed E-state index contributed by atoms with van der Waals surface area (Å²) in [5.74, 6) is -2.73. The van der Waals surface area contributed by atoms with E-state index in [1.807, 2.05) is 0 Å². The monoisotopic (exact) mass is 490 g/mol. The van der Waals surface area contributed by atoms with Crippen LogP contribution in [0.1, 0.15) is 27.7 Å². The zero-order valence-electron chi connectivity index (χ0n) is 20.2. The summed E-state index contributed by atoms with van der Waals surface area (Å²) < 4.78 is 42.8. The van der Waals surface area contributed by atoms with Crippen molar-refractivity contribution in [1.82, 2.24) is 0 Å². The van der Waals surface area contributed by atoms with E-state index >= 15 is 0 Å². The van der Waals surface area contributed by atoms with Crippen LogP contribution in [0.3, 0.4) is 0 Å². The van der Waals surface area contributed by atoms with Crippen molar-refractivity contribution in [2.45, 2.75) is 94.2 Å². The Morgan fingerprint density at radius 1 is 0.882 bits per heavy atom. The van der Waals surface area contributed by atoms with Crippen molar-refractivity contribution in [3.05, 3.63) is 12.7 Å². The maximum absolute atomic E-state index is 11.6. The lowest BCUT2D eigenvalue weighted by Crippen LogP contribution is -2.59. The van der Waals surface area contributed by atoms with Crippen molar-refractivity contribution >= 4 is 11.9 Å². The summed E-state index contributed by atoms with van der Waals surface area (Å²) in [6, 6.07) is 0. The fourth-order valence-electron chi connectivity index (χ4n) is 4.46. The third-order valence-electron chi connectivity index (χ3n) is 5.85. The maximum Gasteiger partial charge on any atom is 0.338 e. The molecule has 12 heteroatoms. The van der Waals surface area contributed by atoms with Crippen LogP contribution in [-0.4, -0.2) is 109 Å². The van der Waals surface area contributed by atoms with Crippen LogP contribution in [0.25, 0.3) is 0 Å². The van der Waals surface area contributed by atoms with E-state index in [0.29, 0.717) is 0 Å². The Hall–Kier alpha value is -1.64. The molecule has 4 fully saturated rings. The van der Waals surface area contributed by atoms with E-state index in [0.717, 1.165) is 0 Å². The number of aliphatic hydroxyl groups excluding tert-OH is 2. The fraction of sp³-hybridized carbons (Fsp3) is 0.818. The van der Waals surface area contributed by atoms with Crippen molar-refractivity contribution in [3.63, 3.8) is 0 Å². The van der Waals surface area contributed by atoms with Gasteiger partial charge in [-0.2, -0.15) is 0 Å². The Bertz CT molecular complexity index is 767. The number of hydrogen-bond acceptors (Lipinski definition) is 12. The second-order valence-corrected chi connectivity index (χ2v) is 9.23. The molecular weight excluding hydrogens is 456 g/mol. The van der Waals surface area contributed by atoms with Gasteiger partial charge in [-0.05, 0) is 27.7 Å². The van der Waals surface area contributed by atoms with Gasteiger partial charge >= 0.3 is 11.9 Å². The smallest absolute Gasteiger partial charge is 0.338 e. The van der Waals surface area contributed by atoms with E-state index < -0.39 is 79.0 Å². The Balaban J connectivity index is 0.000000192. The number of aliphatic hydroxyl groups is 2. The molecule has 0 aromatic carbocycles. The Labute approximate surface area is 198 Å². The van der Waals surface area contributed by atoms with Crippen molar-refractivity contribution in [2.75, 3.05) is 20.8 Å². The molecule has 12 nitrogen and oxygen atoms in total. The molecule has 0 aliphatic carbocycles. The van der Waals surface area contributed by atoms with Crippen LogP contribution < -0.4 is 0 Å². The van der Waals surface area contributed by atoms with Crippen LogP contribution in [0, 0.1) is 0 Å². The molecule has 0 aromatic rings. The van der Waals surface area contributed by atoms with Crippen molar-refractivity contribution in [3.8, 4) is 0 Å². The third-order valence-corrected chi connectivity index (χ3v) is 5.85. The Morgan fingerprint density at radius 2 is 1.35 bits per heavy atom. The highest BCUT2D eigenvalue weighted by atomic mass is 16.8. The van der Waals surface area contributed by atoms with Crippen LogP contribution in [0.5, 0.6) is 0 Å². The molecule has 4 aliphatic rings. The van der Waals surface area contributed by atoms with Gasteiger partial charge in [-0.1, -0.05) is 6.08 Å². The van der Waals surface area contributed by atoms with E-state index in [9.17, 15) is 14.7 Å². The average Bonchev–Trinajstić information content (AvgIpc) is 3.25. The predicted molar refractivity (Wildman–Crippen MR) is 112 cm³/mol. The molecule has 0 spiro atoms. The third kappa shape index (κ3) is 5.29. The molecule has 9 atom stereocenters. The van der Waals surface area contributed by atoms with Gasteiger partial charge in [0.15, 0.2) is 36.0 Å². The summed E-state index contributed by atoms with van der Waals surface area (Å²) in [4.78, 5) is 23.1. The van der Waals surface area contributed by atoms with Gasteiger partial charge in [0.1, 0.15) is 30.5 Å². The molecule has 4 heterocycles. The van der Waals surface area contributed by atoms with Crippen LogP contribution in [-0.2, 0) is 47.5 Å². The number of rotatable bonds is 5. The highest BCUT2D eigenvalue weighted by molar-refractivity contribution is 5.78. The SMILES string of the molecule is C=C[C@H]1OC(C)(C)OC2C1OC(=O)[C@@H]2OC.CO[C@H]1C(=O)OC2C1OC(C)(C)O[C@@H]2[C@H](O)CO. The van der Waals surface area contributed by atoms with Crippen molar-refractivity contribution < 1.29 is 57.7 Å². The molecule has 2 N–H and O–H groups in total. The van der Waals surface area contributed by atoms with Gasteiger partial charge in [-0.15, -0.1) is 6.58 Å². The normalized spacial score (nSPS) is 40.7. The lowest BCUT2D eigenvalue weighted by molar-refractivity contribution is -0.341. The first kappa shape index (κ1) is 27.0. The van der Waals surface area contributed by atoms with Crippen LogP contribution in [0.2, 0.25) is 0 Å². The number of hydrogen-bond donors (Lipinski definition) is 2. The Morgan fingerprint density at radius 3 is 1.82 bits per heavy atom. The second-order valence-electron chi connectivity index (χ2n) is 9.23. The topological polar surface area (TPSA) is 148 Å². The quantitative estimate of drug-likeness (QED) is 0.376. The van der Waals surface area contributed by atoms with Gasteiger partial charge in [0.25, 0.3) is 0 Å². The van der Waals surface area contributed by atoms with E-state index in [1.54, 1.807) is 33.8 Å². The number of carbonyl (C=O) groups is 2. The zero-order chi connectivity index (χ0) is 25.4. The summed E-state index contributed by atoms with van der Waals surface area (Å²) in [6.07, 6.45) is -4.60. The second kappa shape index (κ2) is 10.2. The first-order chi connectivity index (χ1) is 15.9. The van der Waals surface area contributed by atoms with Gasteiger partial charge in [0.05, 0.1) is 6.61 Å². The first-order valence-electron chi connectivity index (χ1n) is 11.0. The molecule has 0 amide bonds. The van der Waals surface area contributed by atoms with Gasteiger partial charge < -0.3 is 48.1 Å². The van der Waals surface area contributed by atoms with Gasteiger partial charge in [-0.25, -0.2) is 9.59 Å². The molecule has 4 saturated heterocycles. The molecule has 194 valence electrons. The lowest BCUT2D eigenvalue weighted by atomic mass is 9.99. The highest BCUT2D eigenvalue weighted by Crippen LogP contribution is 2.37. The van der Waals surface area contributed by atoms with E-state index in [1.165, 1.54) is 14.2 Å². The lowest BCUT2D eigenvalue weighted by Gasteiger charge is -2.43. The van der Waals surface area contributed by atoms with Crippen LogP contribution in [0.15, 0.2) is 12.7 Å². The molecule has 0 aromatic heterocycles. The average molecular weight is 491 g/mol. The number of ether oxygens (including phenoxy) is 8. The minimum atomic E-state index is -1.15. The minimum Gasteiger partial charge on any atom is -0.455 e. The number of carbonyl (C=O) groups excluding carboxylic acids is 2. The zero-order valence-corrected chi connectivity index (χ0v) is 20.2. The van der Waals surface area contributed by atoms with Gasteiger partial charge in [-0.3, -0.25) is 0 Å². The predicted octanol–water partition coefficient (Wildman–Crippen LogP) is -0.567. The Kier molecular flexibility index (Phi) is 8.05. The van der Waals surface area contributed by atoms with Crippen molar-refractivity contribution in [1.29, 1.82) is 0 Å². The summed E-state index contributed by atoms with van der Waals surface area (Å²) in [7, 11) is 2.85. The highest BCUT2D eigenvalue weighted by Gasteiger charge is 2.58. The number of fused-ring (bicyclic) bond motifs is 2. The molecule has 4 rings (SSSR count). The van der Waals surface area contributed by atoms with E-state index in [2.05, 4.69) is 6.58 Å². The first-order valence-corrected chi connectivity index (χ1v) is 11.0. The summed E-state index contributed by atoms with van der Waals surface area (Å²) in [6.45, 7) is 10.1. The van der Waals surface area contributed by atoms with Crippen molar-refractivity contribution in [2.24, 2.45) is 0 Å². The minimum absolute atomic E-state index is 0.363. The van der Waals surface area contributed by atoms with Crippen LogP contribution in [0.4, 0.5) is 0 Å². The van der Waals surface area contributed by atoms with Crippen LogP contribution >= 0.6 is 0 Å². The maximum atomic E-state index is 11.6. The molecule has 0 bridgehead atoms. The molecule has 0 radical (unpaired) electrons. The standard InChI is InChI=1S/C11H18O7.C11H16O5/c1-11(2)17-6(5(13)4-12)7-8(18-11)9(15-3)10(14)16-7;1-5-6-7-8(16-11(2,3)15-6)9(13-4)10(12)14-7/h5-9,12-13H,4H2,1-3H3;5-9H,1H2,2-4H3/t5-,6-,7?,8?,9-;6-,7?,8?,9-/m11/s1. The molecule has 4 aliphatic heterocycles. The fourth-order valence-corrected chi connectivity index (χ4v) is 4.46. The largest absolute Gasteiger partial charge is 0.455 e. The number of methoxy groups -OCH3 is 2. The molecule has 0 saturated carbocycles. The van der Waals surface area contributed by atoms with Gasteiger partial charge in [0.2, 0.25) is 0 Å².